The molecule has 20 heavy (non-hydrogen) atoms. The normalized spacial score (nSPS) is 22.6. The van der Waals surface area contributed by atoms with Gasteiger partial charge in [0.1, 0.15) is 0 Å². The van der Waals surface area contributed by atoms with Crippen molar-refractivity contribution in [2.45, 2.75) is 71.0 Å². The summed E-state index contributed by atoms with van der Waals surface area (Å²) in [7, 11) is 0. The zero-order valence-electron chi connectivity index (χ0n) is 13.0. The van der Waals surface area contributed by atoms with Crippen LogP contribution in [-0.2, 0) is 11.2 Å². The zero-order valence-corrected chi connectivity index (χ0v) is 13.8. The molecule has 0 aliphatic heterocycles. The molecule has 0 amide bonds. The maximum atomic E-state index is 10.7. The lowest BCUT2D eigenvalue weighted by Crippen LogP contribution is -2.49. The van der Waals surface area contributed by atoms with Crippen LogP contribution < -0.4 is 0 Å². The van der Waals surface area contributed by atoms with Crippen molar-refractivity contribution < 1.29 is 9.84 Å². The van der Waals surface area contributed by atoms with Gasteiger partial charge in [-0.25, -0.2) is 0 Å². The van der Waals surface area contributed by atoms with Crippen LogP contribution in [0.1, 0.15) is 58.4 Å². The molecule has 3 heteroatoms. The minimum atomic E-state index is -0.349. The number of ether oxygens (including phenoxy) is 1. The van der Waals surface area contributed by atoms with Crippen LogP contribution in [0.2, 0.25) is 0 Å². The van der Waals surface area contributed by atoms with Crippen molar-refractivity contribution in [3.8, 4) is 0 Å². The van der Waals surface area contributed by atoms with E-state index in [1.165, 1.54) is 5.56 Å². The van der Waals surface area contributed by atoms with Crippen LogP contribution in [0, 0.1) is 5.41 Å². The molecule has 1 saturated carbocycles. The number of aryl methyl sites for hydroxylation is 1. The van der Waals surface area contributed by atoms with Gasteiger partial charge in [-0.1, -0.05) is 13.8 Å². The molecule has 1 aliphatic carbocycles. The number of aliphatic hydroxyl groups excluding tert-OH is 1. The average Bonchev–Trinajstić information content (AvgIpc) is 2.92. The quantitative estimate of drug-likeness (QED) is 0.842. The van der Waals surface area contributed by atoms with E-state index in [1.807, 2.05) is 6.92 Å². The van der Waals surface area contributed by atoms with Crippen molar-refractivity contribution in [3.63, 3.8) is 0 Å². The summed E-state index contributed by atoms with van der Waals surface area (Å²) in [4.78, 5) is 0. The van der Waals surface area contributed by atoms with E-state index in [4.69, 9.17) is 4.74 Å². The second kappa shape index (κ2) is 6.59. The summed E-state index contributed by atoms with van der Waals surface area (Å²) < 4.78 is 6.05. The summed E-state index contributed by atoms with van der Waals surface area (Å²) >= 11 is 1.72. The van der Waals surface area contributed by atoms with E-state index in [-0.39, 0.29) is 11.7 Å². The first kappa shape index (κ1) is 16.0. The van der Waals surface area contributed by atoms with Crippen LogP contribution in [0.15, 0.2) is 16.8 Å². The first-order valence-electron chi connectivity index (χ1n) is 7.80. The topological polar surface area (TPSA) is 29.5 Å². The lowest BCUT2D eigenvalue weighted by Gasteiger charge is -2.46. The zero-order chi connectivity index (χ0) is 14.6. The SMILES string of the molecule is CCOC1(C(O)CCc2ccsc2)CCC(C)(C)CC1. The Labute approximate surface area is 127 Å². The summed E-state index contributed by atoms with van der Waals surface area (Å²) in [6.45, 7) is 7.37. The van der Waals surface area contributed by atoms with Gasteiger partial charge < -0.3 is 9.84 Å². The highest BCUT2D eigenvalue weighted by molar-refractivity contribution is 7.07. The van der Waals surface area contributed by atoms with Crippen LogP contribution in [0.4, 0.5) is 0 Å². The van der Waals surface area contributed by atoms with Crippen LogP contribution in [0.3, 0.4) is 0 Å². The lowest BCUT2D eigenvalue weighted by atomic mass is 9.68. The van der Waals surface area contributed by atoms with Gasteiger partial charge in [0.15, 0.2) is 0 Å². The molecule has 1 N–H and O–H groups in total. The Bertz CT molecular complexity index is 387. The smallest absolute Gasteiger partial charge is 0.0940 e. The molecule has 1 heterocycles. The number of thiophene rings is 1. The van der Waals surface area contributed by atoms with E-state index in [0.717, 1.165) is 38.5 Å². The molecule has 0 saturated heterocycles. The van der Waals surface area contributed by atoms with Crippen molar-refractivity contribution in [2.75, 3.05) is 6.61 Å². The van der Waals surface area contributed by atoms with Gasteiger partial charge in [0, 0.05) is 6.61 Å². The predicted octanol–water partition coefficient (Wildman–Crippen LogP) is 4.42. The lowest BCUT2D eigenvalue weighted by molar-refractivity contribution is -0.152. The maximum absolute atomic E-state index is 10.7. The Morgan fingerprint density at radius 2 is 2.00 bits per heavy atom. The van der Waals surface area contributed by atoms with E-state index in [2.05, 4.69) is 30.7 Å². The van der Waals surface area contributed by atoms with E-state index >= 15 is 0 Å². The van der Waals surface area contributed by atoms with Crippen LogP contribution >= 0.6 is 11.3 Å². The molecule has 0 aromatic carbocycles. The molecule has 114 valence electrons. The van der Waals surface area contributed by atoms with Gasteiger partial charge in [0.05, 0.1) is 11.7 Å². The molecule has 0 bridgehead atoms. The van der Waals surface area contributed by atoms with Gasteiger partial charge in [-0.3, -0.25) is 0 Å². The average molecular weight is 296 g/mol. The maximum Gasteiger partial charge on any atom is 0.0940 e. The molecule has 2 nitrogen and oxygen atoms in total. The third-order valence-corrected chi connectivity index (χ3v) is 5.51. The number of hydrogen-bond donors (Lipinski definition) is 1. The monoisotopic (exact) mass is 296 g/mol. The third kappa shape index (κ3) is 3.84. The van der Waals surface area contributed by atoms with Crippen molar-refractivity contribution in [3.05, 3.63) is 22.4 Å². The van der Waals surface area contributed by atoms with Crippen molar-refractivity contribution in [1.82, 2.24) is 0 Å². The molecule has 1 fully saturated rings. The Balaban J connectivity index is 1.96. The van der Waals surface area contributed by atoms with E-state index in [9.17, 15) is 5.11 Å². The Hall–Kier alpha value is -0.380. The first-order valence-corrected chi connectivity index (χ1v) is 8.75. The highest BCUT2D eigenvalue weighted by Gasteiger charge is 2.43. The molecule has 1 aromatic heterocycles. The summed E-state index contributed by atoms with van der Waals surface area (Å²) in [5.74, 6) is 0. The molecule has 1 unspecified atom stereocenters. The number of hydrogen-bond acceptors (Lipinski definition) is 3. The second-order valence-electron chi connectivity index (χ2n) is 6.85. The van der Waals surface area contributed by atoms with Gasteiger partial charge in [-0.2, -0.15) is 11.3 Å². The van der Waals surface area contributed by atoms with E-state index in [1.54, 1.807) is 11.3 Å². The molecule has 1 aromatic rings. The third-order valence-electron chi connectivity index (χ3n) is 4.78. The van der Waals surface area contributed by atoms with Crippen molar-refractivity contribution >= 4 is 11.3 Å². The minimum Gasteiger partial charge on any atom is -0.390 e. The van der Waals surface area contributed by atoms with E-state index < -0.39 is 0 Å². The van der Waals surface area contributed by atoms with Gasteiger partial charge >= 0.3 is 0 Å². The van der Waals surface area contributed by atoms with Gasteiger partial charge in [-0.05, 0) is 73.3 Å². The molecule has 1 aliphatic rings. The Morgan fingerprint density at radius 3 is 2.55 bits per heavy atom. The summed E-state index contributed by atoms with van der Waals surface area (Å²) in [6.07, 6.45) is 5.65. The molecule has 1 atom stereocenters. The van der Waals surface area contributed by atoms with Gasteiger partial charge in [0.25, 0.3) is 0 Å². The number of rotatable bonds is 6. The fraction of sp³-hybridized carbons (Fsp3) is 0.765. The fourth-order valence-corrected chi connectivity index (χ4v) is 3.92. The van der Waals surface area contributed by atoms with Gasteiger partial charge in [-0.15, -0.1) is 0 Å². The van der Waals surface area contributed by atoms with Crippen LogP contribution in [0.25, 0.3) is 0 Å². The minimum absolute atomic E-state index is 0.305. The highest BCUT2D eigenvalue weighted by Crippen LogP contribution is 2.44. The van der Waals surface area contributed by atoms with Crippen LogP contribution in [0.5, 0.6) is 0 Å². The number of aliphatic hydroxyl groups is 1. The Morgan fingerprint density at radius 1 is 1.30 bits per heavy atom. The second-order valence-corrected chi connectivity index (χ2v) is 7.63. The van der Waals surface area contributed by atoms with E-state index in [0.29, 0.717) is 12.0 Å². The van der Waals surface area contributed by atoms with Crippen LogP contribution in [-0.4, -0.2) is 23.4 Å². The summed E-state index contributed by atoms with van der Waals surface area (Å²) in [5, 5.41) is 15.0. The largest absolute Gasteiger partial charge is 0.390 e. The summed E-state index contributed by atoms with van der Waals surface area (Å²) in [5.41, 5.74) is 1.42. The predicted molar refractivity (Wildman–Crippen MR) is 85.3 cm³/mol. The van der Waals surface area contributed by atoms with Crippen molar-refractivity contribution in [1.29, 1.82) is 0 Å². The first-order chi connectivity index (χ1) is 9.47. The van der Waals surface area contributed by atoms with Crippen molar-refractivity contribution in [2.24, 2.45) is 5.41 Å². The standard InChI is InChI=1S/C17H28O2S/c1-4-19-17(10-8-16(2,3)9-11-17)15(18)6-5-14-7-12-20-13-14/h7,12-13,15,18H,4-6,8-11H2,1-3H3. The fourth-order valence-electron chi connectivity index (χ4n) is 3.21. The Kier molecular flexibility index (Phi) is 5.27. The molecule has 0 radical (unpaired) electrons. The highest BCUT2D eigenvalue weighted by atomic mass is 32.1. The molecular formula is C17H28O2S. The molecule has 0 spiro atoms. The summed E-state index contributed by atoms with van der Waals surface area (Å²) in [6, 6.07) is 2.15. The molecule has 2 rings (SSSR count). The molecular weight excluding hydrogens is 268 g/mol. The van der Waals surface area contributed by atoms with Gasteiger partial charge in [0.2, 0.25) is 0 Å².